The molecule has 1 rings (SSSR count). The van der Waals surface area contributed by atoms with Crippen molar-refractivity contribution in [3.8, 4) is 0 Å². The van der Waals surface area contributed by atoms with E-state index in [9.17, 15) is 13.2 Å². The van der Waals surface area contributed by atoms with Gasteiger partial charge in [0.1, 0.15) is 0 Å². The average molecular weight is 241 g/mol. The maximum atomic E-state index is 11.3. The lowest BCUT2D eigenvalue weighted by molar-refractivity contribution is -0.119. The molecule has 1 N–H and O–H groups in total. The van der Waals surface area contributed by atoms with Crippen LogP contribution in [0.25, 0.3) is 0 Å². The van der Waals surface area contributed by atoms with Gasteiger partial charge in [0.2, 0.25) is 15.9 Å². The first-order chi connectivity index (χ1) is 7.53. The van der Waals surface area contributed by atoms with Crippen LogP contribution in [-0.2, 0) is 21.2 Å². The molecule has 0 aromatic heterocycles. The van der Waals surface area contributed by atoms with Gasteiger partial charge in [0, 0.05) is 6.42 Å². The van der Waals surface area contributed by atoms with E-state index in [0.29, 0.717) is 6.42 Å². The predicted molar refractivity (Wildman–Crippen MR) is 62.4 cm³/mol. The van der Waals surface area contributed by atoms with Crippen molar-refractivity contribution in [2.24, 2.45) is 0 Å². The minimum atomic E-state index is -3.42. The number of nitrogens with one attached hydrogen (secondary N) is 1. The van der Waals surface area contributed by atoms with Gasteiger partial charge in [-0.15, -0.1) is 0 Å². The first kappa shape index (κ1) is 12.7. The molecule has 0 saturated carbocycles. The zero-order chi connectivity index (χ0) is 12.0. The second-order valence-corrected chi connectivity index (χ2v) is 5.43. The first-order valence-electron chi connectivity index (χ1n) is 5.11. The van der Waals surface area contributed by atoms with Crippen molar-refractivity contribution in [2.45, 2.75) is 19.8 Å². The van der Waals surface area contributed by atoms with Gasteiger partial charge in [-0.2, -0.15) is 0 Å². The maximum absolute atomic E-state index is 11.3. The normalized spacial score (nSPS) is 11.1. The number of sulfonamides is 1. The van der Waals surface area contributed by atoms with E-state index in [1.807, 2.05) is 35.1 Å². The van der Waals surface area contributed by atoms with Gasteiger partial charge < -0.3 is 0 Å². The summed E-state index contributed by atoms with van der Waals surface area (Å²) in [4.78, 5) is 11.3. The van der Waals surface area contributed by atoms with E-state index in [1.54, 1.807) is 0 Å². The van der Waals surface area contributed by atoms with Crippen LogP contribution in [0.3, 0.4) is 0 Å². The van der Waals surface area contributed by atoms with Gasteiger partial charge in [0.25, 0.3) is 0 Å². The molecule has 0 aliphatic heterocycles. The van der Waals surface area contributed by atoms with Crippen molar-refractivity contribution >= 4 is 15.9 Å². The summed E-state index contributed by atoms with van der Waals surface area (Å²) in [5, 5.41) is 0. The van der Waals surface area contributed by atoms with Crippen LogP contribution in [0.2, 0.25) is 0 Å². The Kier molecular flexibility index (Phi) is 4.49. The molecular weight excluding hydrogens is 226 g/mol. The molecule has 0 aliphatic carbocycles. The average Bonchev–Trinajstić information content (AvgIpc) is 2.27. The lowest BCUT2D eigenvalue weighted by Crippen LogP contribution is -2.31. The van der Waals surface area contributed by atoms with Crippen molar-refractivity contribution in [1.29, 1.82) is 0 Å². The Balaban J connectivity index is 2.43. The quantitative estimate of drug-likeness (QED) is 0.839. The fourth-order valence-corrected chi connectivity index (χ4v) is 1.79. The fourth-order valence-electron chi connectivity index (χ4n) is 1.20. The highest BCUT2D eigenvalue weighted by Crippen LogP contribution is 2.02. The number of benzene rings is 1. The van der Waals surface area contributed by atoms with Crippen molar-refractivity contribution in [2.75, 3.05) is 5.75 Å². The molecule has 5 heteroatoms. The number of carbonyl (C=O) groups excluding carboxylic acids is 1. The van der Waals surface area contributed by atoms with E-state index < -0.39 is 15.9 Å². The number of carbonyl (C=O) groups is 1. The summed E-state index contributed by atoms with van der Waals surface area (Å²) in [6, 6.07) is 9.47. The Labute approximate surface area is 95.7 Å². The van der Waals surface area contributed by atoms with Crippen LogP contribution in [0.4, 0.5) is 0 Å². The predicted octanol–water partition coefficient (Wildman–Crippen LogP) is 1.09. The highest BCUT2D eigenvalue weighted by atomic mass is 32.2. The molecule has 16 heavy (non-hydrogen) atoms. The van der Waals surface area contributed by atoms with Crippen LogP contribution in [0, 0.1) is 0 Å². The van der Waals surface area contributed by atoms with Crippen LogP contribution in [0.5, 0.6) is 0 Å². The van der Waals surface area contributed by atoms with E-state index >= 15 is 0 Å². The molecular formula is C11H15NO3S. The molecule has 4 nitrogen and oxygen atoms in total. The Bertz CT molecular complexity index is 440. The van der Waals surface area contributed by atoms with Gasteiger partial charge in [0.15, 0.2) is 0 Å². The number of rotatable bonds is 5. The largest absolute Gasteiger partial charge is 0.274 e. The highest BCUT2D eigenvalue weighted by molar-refractivity contribution is 7.90. The number of hydrogen-bond donors (Lipinski definition) is 1. The fraction of sp³-hybridized carbons (Fsp3) is 0.364. The van der Waals surface area contributed by atoms with Crippen LogP contribution in [-0.4, -0.2) is 20.1 Å². The molecule has 0 atom stereocenters. The minimum absolute atomic E-state index is 0.0793. The minimum Gasteiger partial charge on any atom is -0.274 e. The number of amides is 1. The number of hydrogen-bond acceptors (Lipinski definition) is 3. The smallest absolute Gasteiger partial charge is 0.234 e. The molecule has 0 radical (unpaired) electrons. The van der Waals surface area contributed by atoms with Crippen LogP contribution < -0.4 is 4.72 Å². The van der Waals surface area contributed by atoms with Crippen molar-refractivity contribution in [1.82, 2.24) is 4.72 Å². The highest BCUT2D eigenvalue weighted by Gasteiger charge is 2.11. The van der Waals surface area contributed by atoms with E-state index in [0.717, 1.165) is 5.56 Å². The van der Waals surface area contributed by atoms with Gasteiger partial charge in [-0.3, -0.25) is 9.52 Å². The summed E-state index contributed by atoms with van der Waals surface area (Å²) in [7, 11) is -3.42. The molecule has 1 aromatic carbocycles. The van der Waals surface area contributed by atoms with Crippen LogP contribution >= 0.6 is 0 Å². The molecule has 0 aliphatic rings. The summed E-state index contributed by atoms with van der Waals surface area (Å²) >= 11 is 0. The zero-order valence-corrected chi connectivity index (χ0v) is 9.96. The molecule has 0 fully saturated rings. The molecule has 0 bridgehead atoms. The first-order valence-corrected chi connectivity index (χ1v) is 6.76. The summed E-state index contributed by atoms with van der Waals surface area (Å²) in [6.45, 7) is 1.49. The van der Waals surface area contributed by atoms with Crippen LogP contribution in [0.1, 0.15) is 18.9 Å². The summed E-state index contributed by atoms with van der Waals surface area (Å²) in [5.41, 5.74) is 1.02. The SMILES string of the molecule is CCS(=O)(=O)NC(=O)CCc1ccccc1. The van der Waals surface area contributed by atoms with E-state index in [1.165, 1.54) is 6.92 Å². The third-order valence-corrected chi connectivity index (χ3v) is 3.43. The molecule has 1 amide bonds. The van der Waals surface area contributed by atoms with Gasteiger partial charge in [-0.25, -0.2) is 8.42 Å². The van der Waals surface area contributed by atoms with Gasteiger partial charge >= 0.3 is 0 Å². The van der Waals surface area contributed by atoms with Crippen LogP contribution in [0.15, 0.2) is 30.3 Å². The number of aryl methyl sites for hydroxylation is 1. The van der Waals surface area contributed by atoms with Gasteiger partial charge in [-0.1, -0.05) is 30.3 Å². The van der Waals surface area contributed by atoms with Crippen molar-refractivity contribution in [3.05, 3.63) is 35.9 Å². The standard InChI is InChI=1S/C11H15NO3S/c1-2-16(14,15)12-11(13)9-8-10-6-4-3-5-7-10/h3-7H,2,8-9H2,1H3,(H,12,13). The second-order valence-electron chi connectivity index (χ2n) is 3.41. The lowest BCUT2D eigenvalue weighted by atomic mass is 10.1. The molecule has 0 heterocycles. The van der Waals surface area contributed by atoms with E-state index in [2.05, 4.69) is 0 Å². The molecule has 88 valence electrons. The Hall–Kier alpha value is -1.36. The summed E-state index contributed by atoms with van der Waals surface area (Å²) in [5.74, 6) is -0.532. The van der Waals surface area contributed by atoms with Crippen molar-refractivity contribution < 1.29 is 13.2 Å². The molecule has 1 aromatic rings. The zero-order valence-electron chi connectivity index (χ0n) is 9.14. The molecule has 0 unspecified atom stereocenters. The van der Waals surface area contributed by atoms with Gasteiger partial charge in [0.05, 0.1) is 5.75 Å². The Morgan fingerprint density at radius 1 is 1.25 bits per heavy atom. The maximum Gasteiger partial charge on any atom is 0.234 e. The monoisotopic (exact) mass is 241 g/mol. The lowest BCUT2D eigenvalue weighted by Gasteiger charge is -2.04. The third kappa shape index (κ3) is 4.44. The molecule has 0 saturated heterocycles. The summed E-state index contributed by atoms with van der Waals surface area (Å²) in [6.07, 6.45) is 0.731. The second kappa shape index (κ2) is 5.65. The van der Waals surface area contributed by atoms with Gasteiger partial charge in [-0.05, 0) is 18.9 Å². The van der Waals surface area contributed by atoms with E-state index in [-0.39, 0.29) is 12.2 Å². The Morgan fingerprint density at radius 3 is 2.44 bits per heavy atom. The molecule has 0 spiro atoms. The Morgan fingerprint density at radius 2 is 1.88 bits per heavy atom. The van der Waals surface area contributed by atoms with E-state index in [4.69, 9.17) is 0 Å². The topological polar surface area (TPSA) is 63.2 Å². The third-order valence-electron chi connectivity index (χ3n) is 2.13. The summed E-state index contributed by atoms with van der Waals surface area (Å²) < 4.78 is 24.2. The van der Waals surface area contributed by atoms with Crippen molar-refractivity contribution in [3.63, 3.8) is 0 Å².